The normalized spacial score (nSPS) is 21.5. The maximum absolute atomic E-state index is 12.3. The standard InChI is InChI=1S/C19H24N2O2S/c1-15-7-13-19(14-8-15)24(22,23)21-20-18-11-9-17(10-12-18)16-5-3-2-4-6-16/h2-8,13-14,17-18,20-21H,9-12H2,1H3. The van der Waals surface area contributed by atoms with Gasteiger partial charge < -0.3 is 0 Å². The molecule has 0 bridgehead atoms. The van der Waals surface area contributed by atoms with Crippen molar-refractivity contribution in [1.29, 1.82) is 0 Å². The smallest absolute Gasteiger partial charge is 0.241 e. The molecule has 2 aromatic rings. The molecular formula is C19H24N2O2S. The summed E-state index contributed by atoms with van der Waals surface area (Å²) in [5.41, 5.74) is 5.44. The number of rotatable bonds is 5. The third-order valence-electron chi connectivity index (χ3n) is 4.73. The van der Waals surface area contributed by atoms with Gasteiger partial charge in [0, 0.05) is 6.04 Å². The lowest BCUT2D eigenvalue weighted by atomic mass is 9.82. The van der Waals surface area contributed by atoms with Gasteiger partial charge in [0.05, 0.1) is 4.90 Å². The van der Waals surface area contributed by atoms with Crippen LogP contribution in [0.2, 0.25) is 0 Å². The summed E-state index contributed by atoms with van der Waals surface area (Å²) < 4.78 is 24.6. The predicted octanol–water partition coefficient (Wildman–Crippen LogP) is 3.50. The van der Waals surface area contributed by atoms with Gasteiger partial charge in [0.2, 0.25) is 0 Å². The van der Waals surface area contributed by atoms with Crippen LogP contribution in [0.15, 0.2) is 59.5 Å². The molecule has 24 heavy (non-hydrogen) atoms. The van der Waals surface area contributed by atoms with Crippen molar-refractivity contribution in [3.63, 3.8) is 0 Å². The summed E-state index contributed by atoms with van der Waals surface area (Å²) in [5, 5.41) is 0. The van der Waals surface area contributed by atoms with Crippen molar-refractivity contribution >= 4 is 10.0 Å². The van der Waals surface area contributed by atoms with E-state index in [9.17, 15) is 8.42 Å². The van der Waals surface area contributed by atoms with E-state index < -0.39 is 10.0 Å². The summed E-state index contributed by atoms with van der Waals surface area (Å²) in [6.45, 7) is 1.94. The topological polar surface area (TPSA) is 58.2 Å². The molecule has 1 saturated carbocycles. The molecule has 0 saturated heterocycles. The molecule has 1 fully saturated rings. The maximum Gasteiger partial charge on any atom is 0.253 e. The average molecular weight is 344 g/mol. The Balaban J connectivity index is 1.52. The van der Waals surface area contributed by atoms with Crippen molar-refractivity contribution in [1.82, 2.24) is 10.3 Å². The van der Waals surface area contributed by atoms with Crippen molar-refractivity contribution in [2.24, 2.45) is 0 Å². The van der Waals surface area contributed by atoms with E-state index in [2.05, 4.69) is 34.5 Å². The fourth-order valence-electron chi connectivity index (χ4n) is 3.23. The minimum atomic E-state index is -3.50. The Labute approximate surface area is 144 Å². The van der Waals surface area contributed by atoms with Crippen molar-refractivity contribution in [3.05, 3.63) is 65.7 Å². The molecule has 0 atom stereocenters. The van der Waals surface area contributed by atoms with Crippen LogP contribution in [0.3, 0.4) is 0 Å². The lowest BCUT2D eigenvalue weighted by Gasteiger charge is -2.29. The molecule has 3 rings (SSSR count). The highest BCUT2D eigenvalue weighted by molar-refractivity contribution is 7.89. The molecule has 4 nitrogen and oxygen atoms in total. The number of hydrazine groups is 1. The molecular weight excluding hydrogens is 320 g/mol. The maximum atomic E-state index is 12.3. The summed E-state index contributed by atoms with van der Waals surface area (Å²) in [6, 6.07) is 17.6. The number of hydrogen-bond acceptors (Lipinski definition) is 3. The lowest BCUT2D eigenvalue weighted by Crippen LogP contribution is -2.45. The van der Waals surface area contributed by atoms with Crippen LogP contribution in [-0.4, -0.2) is 14.5 Å². The first-order valence-electron chi connectivity index (χ1n) is 8.43. The molecule has 128 valence electrons. The molecule has 0 unspecified atom stereocenters. The van der Waals surface area contributed by atoms with Crippen LogP contribution in [-0.2, 0) is 10.0 Å². The Morgan fingerprint density at radius 3 is 2.12 bits per heavy atom. The van der Waals surface area contributed by atoms with Gasteiger partial charge in [-0.3, -0.25) is 0 Å². The molecule has 0 radical (unpaired) electrons. The summed E-state index contributed by atoms with van der Waals surface area (Å²) in [7, 11) is -3.50. The van der Waals surface area contributed by atoms with E-state index >= 15 is 0 Å². The fourth-order valence-corrected chi connectivity index (χ4v) is 4.17. The molecule has 0 aliphatic heterocycles. The van der Waals surface area contributed by atoms with Crippen molar-refractivity contribution in [3.8, 4) is 0 Å². The molecule has 0 spiro atoms. The largest absolute Gasteiger partial charge is 0.253 e. The first-order valence-corrected chi connectivity index (χ1v) is 9.92. The van der Waals surface area contributed by atoms with E-state index in [4.69, 9.17) is 0 Å². The minimum absolute atomic E-state index is 0.185. The van der Waals surface area contributed by atoms with E-state index in [1.807, 2.05) is 13.0 Å². The third kappa shape index (κ3) is 4.23. The van der Waals surface area contributed by atoms with E-state index in [0.29, 0.717) is 10.8 Å². The van der Waals surface area contributed by atoms with Crippen LogP contribution in [0.1, 0.15) is 42.7 Å². The Morgan fingerprint density at radius 2 is 1.50 bits per heavy atom. The van der Waals surface area contributed by atoms with Gasteiger partial charge in [0.1, 0.15) is 0 Å². The van der Waals surface area contributed by atoms with Crippen LogP contribution in [0.25, 0.3) is 0 Å². The van der Waals surface area contributed by atoms with Crippen LogP contribution in [0.4, 0.5) is 0 Å². The van der Waals surface area contributed by atoms with E-state index in [-0.39, 0.29) is 6.04 Å². The van der Waals surface area contributed by atoms with Gasteiger partial charge in [-0.05, 0) is 56.2 Å². The SMILES string of the molecule is Cc1ccc(S(=O)(=O)NNC2CCC(c3ccccc3)CC2)cc1. The Bertz CT molecular complexity index is 750. The van der Waals surface area contributed by atoms with Gasteiger partial charge >= 0.3 is 0 Å². The van der Waals surface area contributed by atoms with Gasteiger partial charge in [0.15, 0.2) is 0 Å². The quantitative estimate of drug-likeness (QED) is 0.816. The second-order valence-corrected chi connectivity index (χ2v) is 8.20. The highest BCUT2D eigenvalue weighted by Crippen LogP contribution is 2.32. The van der Waals surface area contributed by atoms with E-state index in [0.717, 1.165) is 31.2 Å². The molecule has 1 aliphatic carbocycles. The number of sulfonamides is 1. The van der Waals surface area contributed by atoms with Gasteiger partial charge in [-0.25, -0.2) is 13.8 Å². The zero-order valence-electron chi connectivity index (χ0n) is 13.9. The molecule has 0 aromatic heterocycles. The van der Waals surface area contributed by atoms with Gasteiger partial charge in [0.25, 0.3) is 10.0 Å². The second kappa shape index (κ2) is 7.47. The molecule has 5 heteroatoms. The number of benzene rings is 2. The van der Waals surface area contributed by atoms with Crippen molar-refractivity contribution < 1.29 is 8.42 Å². The molecule has 0 amide bonds. The highest BCUT2D eigenvalue weighted by atomic mass is 32.2. The summed E-state index contributed by atoms with van der Waals surface area (Å²) in [5.74, 6) is 0.581. The van der Waals surface area contributed by atoms with Crippen LogP contribution < -0.4 is 10.3 Å². The fraction of sp³-hybridized carbons (Fsp3) is 0.368. The molecule has 1 aliphatic rings. The monoisotopic (exact) mass is 344 g/mol. The van der Waals surface area contributed by atoms with Gasteiger partial charge in [-0.15, -0.1) is 4.83 Å². The molecule has 0 heterocycles. The zero-order valence-corrected chi connectivity index (χ0v) is 14.7. The number of hydrogen-bond donors (Lipinski definition) is 2. The Kier molecular flexibility index (Phi) is 5.33. The number of nitrogens with one attached hydrogen (secondary N) is 2. The Hall–Kier alpha value is -1.69. The van der Waals surface area contributed by atoms with Crippen LogP contribution in [0, 0.1) is 6.92 Å². The zero-order chi connectivity index (χ0) is 17.0. The predicted molar refractivity (Wildman–Crippen MR) is 96.1 cm³/mol. The first-order chi connectivity index (χ1) is 11.5. The Morgan fingerprint density at radius 1 is 0.875 bits per heavy atom. The first kappa shape index (κ1) is 17.1. The van der Waals surface area contributed by atoms with E-state index in [1.165, 1.54) is 5.56 Å². The van der Waals surface area contributed by atoms with Gasteiger partial charge in [-0.2, -0.15) is 0 Å². The minimum Gasteiger partial charge on any atom is -0.241 e. The van der Waals surface area contributed by atoms with Crippen LogP contribution in [0.5, 0.6) is 0 Å². The third-order valence-corrected chi connectivity index (χ3v) is 6.01. The van der Waals surface area contributed by atoms with Gasteiger partial charge in [-0.1, -0.05) is 48.0 Å². The molecule has 2 aromatic carbocycles. The number of aryl methyl sites for hydroxylation is 1. The second-order valence-electron chi connectivity index (χ2n) is 6.52. The lowest BCUT2D eigenvalue weighted by molar-refractivity contribution is 0.333. The molecule has 2 N–H and O–H groups in total. The summed E-state index contributed by atoms with van der Waals surface area (Å²) >= 11 is 0. The highest BCUT2D eigenvalue weighted by Gasteiger charge is 2.23. The van der Waals surface area contributed by atoms with Crippen molar-refractivity contribution in [2.75, 3.05) is 0 Å². The van der Waals surface area contributed by atoms with Crippen LogP contribution >= 0.6 is 0 Å². The summed E-state index contributed by atoms with van der Waals surface area (Å²) in [4.78, 5) is 2.83. The average Bonchev–Trinajstić information content (AvgIpc) is 2.62. The van der Waals surface area contributed by atoms with Crippen molar-refractivity contribution in [2.45, 2.75) is 49.5 Å². The van der Waals surface area contributed by atoms with E-state index in [1.54, 1.807) is 24.3 Å². The summed E-state index contributed by atoms with van der Waals surface area (Å²) in [6.07, 6.45) is 4.09.